The third-order valence-electron chi connectivity index (χ3n) is 3.67. The third kappa shape index (κ3) is 3.12. The normalized spacial score (nSPS) is 28.1. The van der Waals surface area contributed by atoms with Gasteiger partial charge in [-0.1, -0.05) is 30.3 Å². The average Bonchev–Trinajstić information content (AvgIpc) is 2.77. The summed E-state index contributed by atoms with van der Waals surface area (Å²) in [6, 6.07) is 8.43. The Morgan fingerprint density at radius 2 is 2.26 bits per heavy atom. The van der Waals surface area contributed by atoms with Gasteiger partial charge in [-0.3, -0.25) is 4.79 Å². The van der Waals surface area contributed by atoms with Gasteiger partial charge in [0, 0.05) is 19.6 Å². The van der Waals surface area contributed by atoms with Crippen LogP contribution >= 0.6 is 0 Å². The van der Waals surface area contributed by atoms with Crippen LogP contribution in [-0.4, -0.2) is 35.9 Å². The molecule has 0 aromatic heterocycles. The minimum Gasteiger partial charge on any atom is -0.385 e. The molecular formula is C14H20N2O3. The Kier molecular flexibility index (Phi) is 4.19. The van der Waals surface area contributed by atoms with Crippen molar-refractivity contribution in [1.29, 1.82) is 0 Å². The van der Waals surface area contributed by atoms with Gasteiger partial charge in [-0.15, -0.1) is 0 Å². The molecule has 2 unspecified atom stereocenters. The van der Waals surface area contributed by atoms with Crippen LogP contribution in [0.2, 0.25) is 0 Å². The fourth-order valence-corrected chi connectivity index (χ4v) is 2.16. The molecule has 1 heterocycles. The van der Waals surface area contributed by atoms with E-state index in [0.717, 1.165) is 5.56 Å². The Morgan fingerprint density at radius 3 is 2.84 bits per heavy atom. The van der Waals surface area contributed by atoms with Crippen LogP contribution in [0.4, 0.5) is 0 Å². The lowest BCUT2D eigenvalue weighted by molar-refractivity contribution is -0.124. The summed E-state index contributed by atoms with van der Waals surface area (Å²) < 4.78 is 5.31. The molecule has 1 fully saturated rings. The molecule has 0 aliphatic carbocycles. The molecule has 1 aromatic rings. The number of hydrogen-bond donors (Lipinski definition) is 3. The highest BCUT2D eigenvalue weighted by Gasteiger charge is 2.39. The molecule has 104 valence electrons. The quantitative estimate of drug-likeness (QED) is 0.732. The predicted octanol–water partition coefficient (Wildman–Crippen LogP) is 0.343. The van der Waals surface area contributed by atoms with Crippen LogP contribution in [0.15, 0.2) is 30.3 Å². The number of ether oxygens (including phenoxy) is 1. The zero-order chi connectivity index (χ0) is 13.9. The van der Waals surface area contributed by atoms with E-state index in [0.29, 0.717) is 13.0 Å². The number of hydrogen-bond acceptors (Lipinski definition) is 4. The Balaban J connectivity index is 1.91. The van der Waals surface area contributed by atoms with Gasteiger partial charge in [0.25, 0.3) is 0 Å². The summed E-state index contributed by atoms with van der Waals surface area (Å²) in [4.78, 5) is 12.0. The summed E-state index contributed by atoms with van der Waals surface area (Å²) in [7, 11) is 0. The van der Waals surface area contributed by atoms with Crippen molar-refractivity contribution in [3.63, 3.8) is 0 Å². The van der Waals surface area contributed by atoms with Gasteiger partial charge < -0.3 is 20.9 Å². The lowest BCUT2D eigenvalue weighted by Gasteiger charge is -2.26. The second-order valence-electron chi connectivity index (χ2n) is 4.97. The van der Waals surface area contributed by atoms with Crippen molar-refractivity contribution >= 4 is 5.91 Å². The fraction of sp³-hybridized carbons (Fsp3) is 0.500. The van der Waals surface area contributed by atoms with Crippen molar-refractivity contribution in [1.82, 2.24) is 5.32 Å². The summed E-state index contributed by atoms with van der Waals surface area (Å²) in [5.74, 6) is -0.293. The van der Waals surface area contributed by atoms with Crippen molar-refractivity contribution in [3.05, 3.63) is 35.9 Å². The van der Waals surface area contributed by atoms with Crippen LogP contribution in [0.25, 0.3) is 0 Å². The number of carbonyl (C=O) groups excluding carboxylic acids is 1. The minimum absolute atomic E-state index is 0.160. The molecule has 4 N–H and O–H groups in total. The van der Waals surface area contributed by atoms with E-state index in [2.05, 4.69) is 5.32 Å². The summed E-state index contributed by atoms with van der Waals surface area (Å²) in [5.41, 5.74) is 5.63. The number of carbonyl (C=O) groups is 1. The predicted molar refractivity (Wildman–Crippen MR) is 71.4 cm³/mol. The molecule has 19 heavy (non-hydrogen) atoms. The molecule has 1 aliphatic rings. The number of amides is 1. The standard InChI is InChI=1S/C14H20N2O3/c1-10-14(18,7-8-19-10)9-16-13(17)12(15)11-5-3-2-4-6-11/h2-6,10,12,18H,7-9,15H2,1H3,(H,16,17)/t10?,12-,14?/m1/s1. The van der Waals surface area contributed by atoms with Gasteiger partial charge in [-0.2, -0.15) is 0 Å². The highest BCUT2D eigenvalue weighted by molar-refractivity contribution is 5.82. The van der Waals surface area contributed by atoms with Crippen LogP contribution < -0.4 is 11.1 Å². The summed E-state index contributed by atoms with van der Waals surface area (Å²) in [6.45, 7) is 2.47. The third-order valence-corrected chi connectivity index (χ3v) is 3.67. The van der Waals surface area contributed by atoms with E-state index in [9.17, 15) is 9.90 Å². The molecule has 1 amide bonds. The summed E-state index contributed by atoms with van der Waals surface area (Å²) in [6.07, 6.45) is 0.246. The SMILES string of the molecule is CC1OCCC1(O)CNC(=O)[C@H](N)c1ccccc1. The number of nitrogens with one attached hydrogen (secondary N) is 1. The van der Waals surface area contributed by atoms with E-state index in [1.807, 2.05) is 18.2 Å². The summed E-state index contributed by atoms with van der Waals surface area (Å²) >= 11 is 0. The van der Waals surface area contributed by atoms with Crippen molar-refractivity contribution in [2.75, 3.05) is 13.2 Å². The van der Waals surface area contributed by atoms with Gasteiger partial charge in [0.05, 0.1) is 6.10 Å². The molecule has 1 aliphatic heterocycles. The van der Waals surface area contributed by atoms with Gasteiger partial charge in [-0.25, -0.2) is 0 Å². The molecule has 0 spiro atoms. The maximum absolute atomic E-state index is 12.0. The molecule has 5 nitrogen and oxygen atoms in total. The second kappa shape index (κ2) is 5.69. The van der Waals surface area contributed by atoms with E-state index >= 15 is 0 Å². The zero-order valence-electron chi connectivity index (χ0n) is 11.0. The van der Waals surface area contributed by atoms with Crippen LogP contribution in [0.1, 0.15) is 24.9 Å². The van der Waals surface area contributed by atoms with E-state index < -0.39 is 11.6 Å². The van der Waals surface area contributed by atoms with Crippen molar-refractivity contribution in [2.24, 2.45) is 5.73 Å². The van der Waals surface area contributed by atoms with Crippen molar-refractivity contribution in [3.8, 4) is 0 Å². The Bertz CT molecular complexity index is 438. The smallest absolute Gasteiger partial charge is 0.241 e. The highest BCUT2D eigenvalue weighted by atomic mass is 16.5. The number of aliphatic hydroxyl groups is 1. The number of rotatable bonds is 4. The first kappa shape index (κ1) is 14.0. The average molecular weight is 264 g/mol. The van der Waals surface area contributed by atoms with Crippen LogP contribution in [0.3, 0.4) is 0 Å². The summed E-state index contributed by atoms with van der Waals surface area (Å²) in [5, 5.41) is 13.0. The van der Waals surface area contributed by atoms with Gasteiger partial charge in [0.2, 0.25) is 5.91 Å². The van der Waals surface area contributed by atoms with E-state index in [-0.39, 0.29) is 18.6 Å². The molecule has 0 bridgehead atoms. The first-order chi connectivity index (χ1) is 9.03. The van der Waals surface area contributed by atoms with Gasteiger partial charge >= 0.3 is 0 Å². The van der Waals surface area contributed by atoms with E-state index in [1.54, 1.807) is 19.1 Å². The van der Waals surface area contributed by atoms with Crippen LogP contribution in [-0.2, 0) is 9.53 Å². The van der Waals surface area contributed by atoms with Gasteiger partial charge in [-0.05, 0) is 12.5 Å². The monoisotopic (exact) mass is 264 g/mol. The molecular weight excluding hydrogens is 244 g/mol. The number of nitrogens with two attached hydrogens (primary N) is 1. The lowest BCUT2D eigenvalue weighted by atomic mass is 9.96. The minimum atomic E-state index is -0.994. The van der Waals surface area contributed by atoms with Crippen molar-refractivity contribution in [2.45, 2.75) is 31.1 Å². The second-order valence-corrected chi connectivity index (χ2v) is 4.97. The number of benzene rings is 1. The zero-order valence-corrected chi connectivity index (χ0v) is 11.0. The van der Waals surface area contributed by atoms with Crippen LogP contribution in [0, 0.1) is 0 Å². The maximum Gasteiger partial charge on any atom is 0.241 e. The molecule has 0 saturated carbocycles. The Hall–Kier alpha value is -1.43. The Labute approximate surface area is 112 Å². The van der Waals surface area contributed by atoms with Gasteiger partial charge in [0.1, 0.15) is 11.6 Å². The fourth-order valence-electron chi connectivity index (χ4n) is 2.16. The van der Waals surface area contributed by atoms with Crippen LogP contribution in [0.5, 0.6) is 0 Å². The first-order valence-corrected chi connectivity index (χ1v) is 6.45. The highest BCUT2D eigenvalue weighted by Crippen LogP contribution is 2.24. The van der Waals surface area contributed by atoms with E-state index in [1.165, 1.54) is 0 Å². The molecule has 2 rings (SSSR count). The topological polar surface area (TPSA) is 84.6 Å². The lowest BCUT2D eigenvalue weighted by Crippen LogP contribution is -2.49. The van der Waals surface area contributed by atoms with E-state index in [4.69, 9.17) is 10.5 Å². The maximum atomic E-state index is 12.0. The first-order valence-electron chi connectivity index (χ1n) is 6.45. The largest absolute Gasteiger partial charge is 0.385 e. The molecule has 0 radical (unpaired) electrons. The molecule has 3 atom stereocenters. The molecule has 5 heteroatoms. The van der Waals surface area contributed by atoms with Crippen molar-refractivity contribution < 1.29 is 14.6 Å². The molecule has 1 aromatic carbocycles. The van der Waals surface area contributed by atoms with Gasteiger partial charge in [0.15, 0.2) is 0 Å². The molecule has 1 saturated heterocycles. The Morgan fingerprint density at radius 1 is 1.58 bits per heavy atom.